The van der Waals surface area contributed by atoms with Gasteiger partial charge in [-0.15, -0.1) is 11.8 Å². The molecule has 0 bridgehead atoms. The molecule has 0 unspecified atom stereocenters. The highest BCUT2D eigenvalue weighted by Crippen LogP contribution is 2.15. The molecule has 4 heteroatoms. The fraction of sp³-hybridized carbons (Fsp3) is 0.125. The summed E-state index contributed by atoms with van der Waals surface area (Å²) in [6.45, 7) is 0.547. The first kappa shape index (κ1) is 12.9. The van der Waals surface area contributed by atoms with E-state index in [2.05, 4.69) is 17.1 Å². The van der Waals surface area contributed by atoms with Gasteiger partial charge in [0.05, 0.1) is 23.8 Å². The quantitative estimate of drug-likeness (QED) is 0.692. The van der Waals surface area contributed by atoms with Gasteiger partial charge in [0.15, 0.2) is 0 Å². The van der Waals surface area contributed by atoms with Crippen LogP contribution in [0.4, 0.5) is 0 Å². The van der Waals surface area contributed by atoms with Crippen molar-refractivity contribution in [2.24, 2.45) is 0 Å². The summed E-state index contributed by atoms with van der Waals surface area (Å²) in [6, 6.07) is 15.7. The number of fused-ring (bicyclic) bond motifs is 1. The minimum absolute atomic E-state index is 0.00421. The maximum absolute atomic E-state index is 12.4. The van der Waals surface area contributed by atoms with Crippen molar-refractivity contribution in [1.82, 2.24) is 9.55 Å². The van der Waals surface area contributed by atoms with Crippen molar-refractivity contribution in [2.75, 3.05) is 6.26 Å². The Morgan fingerprint density at radius 1 is 1.10 bits per heavy atom. The molecule has 0 amide bonds. The predicted octanol–water partition coefficient (Wildman–Crippen LogP) is 3.17. The SMILES string of the molecule is CSc1ccc(Cn2cnc3ccccc3c2=O)cc1. The summed E-state index contributed by atoms with van der Waals surface area (Å²) in [5, 5.41) is 0.663. The Balaban J connectivity index is 1.98. The molecule has 1 aromatic heterocycles. The largest absolute Gasteiger partial charge is 0.294 e. The van der Waals surface area contributed by atoms with Gasteiger partial charge in [0, 0.05) is 4.90 Å². The first-order chi connectivity index (χ1) is 9.78. The maximum atomic E-state index is 12.4. The van der Waals surface area contributed by atoms with Gasteiger partial charge in [-0.3, -0.25) is 9.36 Å². The lowest BCUT2D eigenvalue weighted by atomic mass is 10.2. The average Bonchev–Trinajstić information content (AvgIpc) is 2.51. The zero-order valence-electron chi connectivity index (χ0n) is 11.1. The van der Waals surface area contributed by atoms with Crippen molar-refractivity contribution >= 4 is 22.7 Å². The Bertz CT molecular complexity index is 793. The zero-order valence-corrected chi connectivity index (χ0v) is 11.9. The molecule has 0 aliphatic carbocycles. The van der Waals surface area contributed by atoms with E-state index in [0.717, 1.165) is 11.1 Å². The predicted molar refractivity (Wildman–Crippen MR) is 83.3 cm³/mol. The Hall–Kier alpha value is -2.07. The summed E-state index contributed by atoms with van der Waals surface area (Å²) in [5.41, 5.74) is 1.85. The van der Waals surface area contributed by atoms with Crippen molar-refractivity contribution in [1.29, 1.82) is 0 Å². The third kappa shape index (κ3) is 2.47. The summed E-state index contributed by atoms with van der Waals surface area (Å²) in [5.74, 6) is 0. The topological polar surface area (TPSA) is 34.9 Å². The summed E-state index contributed by atoms with van der Waals surface area (Å²) in [4.78, 5) is 17.9. The molecule has 3 nitrogen and oxygen atoms in total. The summed E-state index contributed by atoms with van der Waals surface area (Å²) in [7, 11) is 0. The van der Waals surface area contributed by atoms with Crippen LogP contribution in [0.25, 0.3) is 10.9 Å². The molecule has 1 heterocycles. The zero-order chi connectivity index (χ0) is 13.9. The van der Waals surface area contributed by atoms with Crippen LogP contribution in [0.5, 0.6) is 0 Å². The van der Waals surface area contributed by atoms with Crippen LogP contribution in [0, 0.1) is 0 Å². The summed E-state index contributed by atoms with van der Waals surface area (Å²) < 4.78 is 1.65. The summed E-state index contributed by atoms with van der Waals surface area (Å²) >= 11 is 1.71. The van der Waals surface area contributed by atoms with E-state index in [1.165, 1.54) is 4.90 Å². The number of para-hydroxylation sites is 1. The monoisotopic (exact) mass is 282 g/mol. The molecule has 0 saturated carbocycles. The van der Waals surface area contributed by atoms with Crippen LogP contribution in [-0.2, 0) is 6.54 Å². The van der Waals surface area contributed by atoms with Gasteiger partial charge >= 0.3 is 0 Å². The van der Waals surface area contributed by atoms with Gasteiger partial charge in [-0.05, 0) is 36.1 Å². The van der Waals surface area contributed by atoms with Crippen LogP contribution >= 0.6 is 11.8 Å². The lowest BCUT2D eigenvalue weighted by molar-refractivity contribution is 0.748. The van der Waals surface area contributed by atoms with Crippen LogP contribution in [0.15, 0.2) is 64.5 Å². The second-order valence-electron chi connectivity index (χ2n) is 4.54. The Kier molecular flexibility index (Phi) is 3.56. The molecule has 20 heavy (non-hydrogen) atoms. The minimum Gasteiger partial charge on any atom is -0.294 e. The Morgan fingerprint density at radius 3 is 2.60 bits per heavy atom. The van der Waals surface area contributed by atoms with Crippen LogP contribution in [0.2, 0.25) is 0 Å². The molecule has 0 aliphatic heterocycles. The molecule has 0 saturated heterocycles. The highest BCUT2D eigenvalue weighted by atomic mass is 32.2. The van der Waals surface area contributed by atoms with Crippen molar-refractivity contribution < 1.29 is 0 Å². The van der Waals surface area contributed by atoms with E-state index in [9.17, 15) is 4.79 Å². The van der Waals surface area contributed by atoms with Crippen LogP contribution in [0.3, 0.4) is 0 Å². The normalized spacial score (nSPS) is 10.8. The van der Waals surface area contributed by atoms with Gasteiger partial charge in [0.25, 0.3) is 5.56 Å². The lowest BCUT2D eigenvalue weighted by Gasteiger charge is -2.07. The fourth-order valence-electron chi connectivity index (χ4n) is 2.15. The second kappa shape index (κ2) is 5.51. The molecule has 3 rings (SSSR count). The number of hydrogen-bond acceptors (Lipinski definition) is 3. The first-order valence-corrected chi connectivity index (χ1v) is 7.57. The number of nitrogens with zero attached hydrogens (tertiary/aromatic N) is 2. The molecule has 0 spiro atoms. The van der Waals surface area contributed by atoms with Crippen molar-refractivity contribution in [3.8, 4) is 0 Å². The summed E-state index contributed by atoms with van der Waals surface area (Å²) in [6.07, 6.45) is 3.67. The van der Waals surface area contributed by atoms with Gasteiger partial charge in [-0.25, -0.2) is 4.98 Å². The molecular weight excluding hydrogens is 268 g/mol. The third-order valence-corrected chi connectivity index (χ3v) is 3.99. The second-order valence-corrected chi connectivity index (χ2v) is 5.42. The average molecular weight is 282 g/mol. The van der Waals surface area contributed by atoms with E-state index < -0.39 is 0 Å². The van der Waals surface area contributed by atoms with Crippen molar-refractivity contribution in [3.05, 3.63) is 70.8 Å². The highest BCUT2D eigenvalue weighted by Gasteiger charge is 2.04. The van der Waals surface area contributed by atoms with Crippen LogP contribution in [-0.4, -0.2) is 15.8 Å². The fourth-order valence-corrected chi connectivity index (χ4v) is 2.55. The highest BCUT2D eigenvalue weighted by molar-refractivity contribution is 7.98. The Morgan fingerprint density at radius 2 is 1.85 bits per heavy atom. The standard InChI is InChI=1S/C16H14N2OS/c1-20-13-8-6-12(7-9-13)10-18-11-17-15-5-3-2-4-14(15)16(18)19/h2-9,11H,10H2,1H3. The molecule has 0 radical (unpaired) electrons. The molecule has 3 aromatic rings. The number of hydrogen-bond donors (Lipinski definition) is 0. The molecule has 0 atom stereocenters. The minimum atomic E-state index is 0.00421. The van der Waals surface area contributed by atoms with Crippen LogP contribution < -0.4 is 5.56 Å². The van der Waals surface area contributed by atoms with E-state index >= 15 is 0 Å². The molecule has 2 aromatic carbocycles. The van der Waals surface area contributed by atoms with Gasteiger partial charge in [0.2, 0.25) is 0 Å². The van der Waals surface area contributed by atoms with Gasteiger partial charge < -0.3 is 0 Å². The van der Waals surface area contributed by atoms with Crippen molar-refractivity contribution in [3.63, 3.8) is 0 Å². The van der Waals surface area contributed by atoms with Gasteiger partial charge in [0.1, 0.15) is 0 Å². The molecule has 0 fully saturated rings. The van der Waals surface area contributed by atoms with Gasteiger partial charge in [-0.2, -0.15) is 0 Å². The van der Waals surface area contributed by atoms with Crippen LogP contribution in [0.1, 0.15) is 5.56 Å². The molecule has 0 N–H and O–H groups in total. The number of aromatic nitrogens is 2. The van der Waals surface area contributed by atoms with E-state index in [1.807, 2.05) is 42.7 Å². The Labute approximate surface area is 121 Å². The number of rotatable bonds is 3. The van der Waals surface area contributed by atoms with Gasteiger partial charge in [-0.1, -0.05) is 24.3 Å². The van der Waals surface area contributed by atoms with E-state index in [0.29, 0.717) is 11.9 Å². The first-order valence-electron chi connectivity index (χ1n) is 6.35. The van der Waals surface area contributed by atoms with Crippen molar-refractivity contribution in [2.45, 2.75) is 11.4 Å². The van der Waals surface area contributed by atoms with E-state index in [-0.39, 0.29) is 5.56 Å². The maximum Gasteiger partial charge on any atom is 0.261 e. The molecule has 100 valence electrons. The van der Waals surface area contributed by atoms with E-state index in [4.69, 9.17) is 0 Å². The smallest absolute Gasteiger partial charge is 0.261 e. The number of thioether (sulfide) groups is 1. The third-order valence-electron chi connectivity index (χ3n) is 3.24. The van der Waals surface area contributed by atoms with E-state index in [1.54, 1.807) is 22.7 Å². The molecule has 0 aliphatic rings. The number of benzene rings is 2. The molecular formula is C16H14N2OS. The lowest BCUT2D eigenvalue weighted by Crippen LogP contribution is -2.21.